The third kappa shape index (κ3) is 7.57. The van der Waals surface area contributed by atoms with E-state index < -0.39 is 11.8 Å². The maximum absolute atomic E-state index is 12.3. The van der Waals surface area contributed by atoms with Gasteiger partial charge in [-0.2, -0.15) is 5.10 Å². The smallest absolute Gasteiger partial charge is 0.329 e. The monoisotopic (exact) mass is 486 g/mol. The lowest BCUT2D eigenvalue weighted by Gasteiger charge is -2.11. The van der Waals surface area contributed by atoms with E-state index in [0.29, 0.717) is 28.6 Å². The van der Waals surface area contributed by atoms with Crippen molar-refractivity contribution in [1.82, 2.24) is 10.7 Å². The second-order valence-corrected chi connectivity index (χ2v) is 8.30. The molecule has 180 valence electrons. The summed E-state index contributed by atoms with van der Waals surface area (Å²) in [5.74, 6) is -1.72. The van der Waals surface area contributed by atoms with Crippen molar-refractivity contribution in [3.05, 3.63) is 58.1 Å². The van der Waals surface area contributed by atoms with Crippen LogP contribution in [0.15, 0.2) is 41.5 Å². The van der Waals surface area contributed by atoms with E-state index in [0.717, 1.165) is 24.0 Å². The molecule has 2 aromatic carbocycles. The fraction of sp³-hybridized carbons (Fsp3) is 0.333. The summed E-state index contributed by atoms with van der Waals surface area (Å²) < 4.78 is 11.0. The Morgan fingerprint density at radius 2 is 1.97 bits per heavy atom. The minimum Gasteiger partial charge on any atom is -0.483 e. The molecule has 9 nitrogen and oxygen atoms in total. The highest BCUT2D eigenvalue weighted by molar-refractivity contribution is 6.35. The minimum absolute atomic E-state index is 0.0707. The average molecular weight is 487 g/mol. The van der Waals surface area contributed by atoms with E-state index in [1.165, 1.54) is 6.21 Å². The van der Waals surface area contributed by atoms with Crippen molar-refractivity contribution in [2.24, 2.45) is 5.10 Å². The molecular weight excluding hydrogens is 460 g/mol. The van der Waals surface area contributed by atoms with Gasteiger partial charge in [0.1, 0.15) is 5.75 Å². The third-order valence-corrected chi connectivity index (χ3v) is 5.45. The van der Waals surface area contributed by atoms with Crippen LogP contribution in [0, 0.1) is 13.8 Å². The Bertz CT molecular complexity index is 1080. The van der Waals surface area contributed by atoms with Gasteiger partial charge in [0.05, 0.1) is 12.3 Å². The highest BCUT2D eigenvalue weighted by atomic mass is 35.5. The number of aryl methyl sites for hydroxylation is 2. The Balaban J connectivity index is 1.52. The lowest BCUT2D eigenvalue weighted by molar-refractivity contribution is -0.139. The van der Waals surface area contributed by atoms with Crippen LogP contribution in [0.3, 0.4) is 0 Å². The number of amides is 3. The van der Waals surface area contributed by atoms with Crippen LogP contribution in [0.2, 0.25) is 5.02 Å². The summed E-state index contributed by atoms with van der Waals surface area (Å²) in [6, 6.07) is 10.4. The summed E-state index contributed by atoms with van der Waals surface area (Å²) in [5.41, 5.74) is 5.46. The van der Waals surface area contributed by atoms with Gasteiger partial charge in [-0.3, -0.25) is 14.4 Å². The van der Waals surface area contributed by atoms with Crippen molar-refractivity contribution in [3.8, 4) is 5.75 Å². The lowest BCUT2D eigenvalue weighted by Crippen LogP contribution is -2.41. The molecule has 3 rings (SSSR count). The van der Waals surface area contributed by atoms with Crippen LogP contribution in [0.5, 0.6) is 5.75 Å². The van der Waals surface area contributed by atoms with Crippen molar-refractivity contribution in [2.75, 3.05) is 25.1 Å². The summed E-state index contributed by atoms with van der Waals surface area (Å²) in [6.45, 7) is 4.65. The Hall–Kier alpha value is -3.43. The first-order valence-electron chi connectivity index (χ1n) is 10.8. The maximum Gasteiger partial charge on any atom is 0.329 e. The standard InChI is InChI=1S/C24H27ClN4O5/c1-15-5-7-19(10-16(15)2)28-22(30)14-34-21-8-6-18(25)11-17(21)12-27-29-24(32)23(31)26-13-20-4-3-9-33-20/h5-8,10-12,20H,3-4,9,13-14H2,1-2H3,(H,26,31)(H,28,30)(H,29,32)/b27-12-/t20-/m0/s1. The molecule has 0 radical (unpaired) electrons. The number of hydrogen-bond donors (Lipinski definition) is 3. The summed E-state index contributed by atoms with van der Waals surface area (Å²) in [4.78, 5) is 36.1. The summed E-state index contributed by atoms with van der Waals surface area (Å²) in [7, 11) is 0. The molecule has 1 saturated heterocycles. The normalized spacial score (nSPS) is 15.2. The molecule has 1 aliphatic heterocycles. The molecule has 3 amide bonds. The first kappa shape index (κ1) is 25.2. The number of halogens is 1. The third-order valence-electron chi connectivity index (χ3n) is 5.21. The minimum atomic E-state index is -0.911. The van der Waals surface area contributed by atoms with Crippen LogP contribution in [0.1, 0.15) is 29.5 Å². The quantitative estimate of drug-likeness (QED) is 0.301. The molecule has 34 heavy (non-hydrogen) atoms. The van der Waals surface area contributed by atoms with E-state index in [-0.39, 0.29) is 25.2 Å². The summed E-state index contributed by atoms with van der Waals surface area (Å²) in [5, 5.41) is 9.50. The fourth-order valence-electron chi connectivity index (χ4n) is 3.21. The van der Waals surface area contributed by atoms with Crippen LogP contribution >= 0.6 is 11.6 Å². The molecule has 2 aromatic rings. The largest absolute Gasteiger partial charge is 0.483 e. The zero-order valence-electron chi connectivity index (χ0n) is 19.0. The Labute approximate surface area is 202 Å². The number of nitrogens with one attached hydrogen (secondary N) is 3. The van der Waals surface area contributed by atoms with Gasteiger partial charge in [0.15, 0.2) is 6.61 Å². The summed E-state index contributed by atoms with van der Waals surface area (Å²) in [6.07, 6.45) is 3.00. The second-order valence-electron chi connectivity index (χ2n) is 7.86. The number of ether oxygens (including phenoxy) is 2. The Morgan fingerprint density at radius 3 is 2.71 bits per heavy atom. The van der Waals surface area contributed by atoms with Crippen LogP contribution in [-0.2, 0) is 19.1 Å². The van der Waals surface area contributed by atoms with Crippen molar-refractivity contribution in [1.29, 1.82) is 0 Å². The number of rotatable bonds is 8. The van der Waals surface area contributed by atoms with Crippen LogP contribution in [-0.4, -0.2) is 49.8 Å². The van der Waals surface area contributed by atoms with Crippen molar-refractivity contribution >= 4 is 41.2 Å². The van der Waals surface area contributed by atoms with Crippen molar-refractivity contribution < 1.29 is 23.9 Å². The number of carbonyl (C=O) groups is 3. The van der Waals surface area contributed by atoms with Crippen LogP contribution in [0.25, 0.3) is 0 Å². The first-order valence-corrected chi connectivity index (χ1v) is 11.2. The van der Waals surface area contributed by atoms with Gasteiger partial charge in [-0.05, 0) is 68.1 Å². The maximum atomic E-state index is 12.3. The van der Waals surface area contributed by atoms with E-state index in [4.69, 9.17) is 21.1 Å². The molecule has 0 saturated carbocycles. The van der Waals surface area contributed by atoms with Gasteiger partial charge in [0.25, 0.3) is 5.91 Å². The number of hydrogen-bond acceptors (Lipinski definition) is 6. The first-order chi connectivity index (χ1) is 16.3. The van der Waals surface area contributed by atoms with Crippen molar-refractivity contribution in [3.63, 3.8) is 0 Å². The predicted octanol–water partition coefficient (Wildman–Crippen LogP) is 2.72. The van der Waals surface area contributed by atoms with E-state index in [2.05, 4.69) is 21.2 Å². The number of anilines is 1. The zero-order chi connectivity index (χ0) is 24.5. The van der Waals surface area contributed by atoms with E-state index >= 15 is 0 Å². The van der Waals surface area contributed by atoms with Gasteiger partial charge in [-0.1, -0.05) is 17.7 Å². The molecule has 1 fully saturated rings. The Kier molecular flexibility index (Phi) is 9.00. The van der Waals surface area contributed by atoms with Gasteiger partial charge in [0, 0.05) is 29.4 Å². The van der Waals surface area contributed by atoms with Crippen LogP contribution < -0.4 is 20.8 Å². The molecular formula is C24H27ClN4O5. The molecule has 1 aliphatic rings. The molecule has 0 spiro atoms. The van der Waals surface area contributed by atoms with Gasteiger partial charge < -0.3 is 20.1 Å². The predicted molar refractivity (Wildman–Crippen MR) is 129 cm³/mol. The molecule has 0 aromatic heterocycles. The molecule has 3 N–H and O–H groups in total. The number of benzene rings is 2. The molecule has 0 unspecified atom stereocenters. The summed E-state index contributed by atoms with van der Waals surface area (Å²) >= 11 is 6.05. The lowest BCUT2D eigenvalue weighted by atomic mass is 10.1. The molecule has 1 atom stereocenters. The highest BCUT2D eigenvalue weighted by Gasteiger charge is 2.19. The number of carbonyl (C=O) groups excluding carboxylic acids is 3. The molecule has 0 aliphatic carbocycles. The van der Waals surface area contributed by atoms with Crippen LogP contribution in [0.4, 0.5) is 5.69 Å². The van der Waals surface area contributed by atoms with Gasteiger partial charge in [-0.15, -0.1) is 0 Å². The number of nitrogens with zero attached hydrogens (tertiary/aromatic N) is 1. The van der Waals surface area contributed by atoms with Gasteiger partial charge in [-0.25, -0.2) is 5.43 Å². The topological polar surface area (TPSA) is 118 Å². The zero-order valence-corrected chi connectivity index (χ0v) is 19.8. The van der Waals surface area contributed by atoms with E-state index in [1.54, 1.807) is 18.2 Å². The van der Waals surface area contributed by atoms with Gasteiger partial charge in [0.2, 0.25) is 0 Å². The fourth-order valence-corrected chi connectivity index (χ4v) is 3.40. The van der Waals surface area contributed by atoms with Crippen molar-refractivity contribution in [2.45, 2.75) is 32.8 Å². The SMILES string of the molecule is Cc1ccc(NC(=O)COc2ccc(Cl)cc2/C=N\NC(=O)C(=O)NC[C@@H]2CCCO2)cc1C. The molecule has 1 heterocycles. The Morgan fingerprint density at radius 1 is 1.15 bits per heavy atom. The average Bonchev–Trinajstić information content (AvgIpc) is 3.33. The highest BCUT2D eigenvalue weighted by Crippen LogP contribution is 2.22. The van der Waals surface area contributed by atoms with Gasteiger partial charge >= 0.3 is 11.8 Å². The van der Waals surface area contributed by atoms with E-state index in [9.17, 15) is 14.4 Å². The van der Waals surface area contributed by atoms with E-state index in [1.807, 2.05) is 32.0 Å². The second kappa shape index (κ2) is 12.2. The number of hydrazone groups is 1. The molecule has 0 bridgehead atoms. The molecule has 10 heteroatoms.